The molecule has 88 valence electrons. The molecule has 1 heterocycles. The topological polar surface area (TPSA) is 42.4 Å². The molecule has 0 aliphatic rings. The first-order valence-corrected chi connectivity index (χ1v) is 6.18. The Labute approximate surface area is 104 Å². The Balaban J connectivity index is 2.02. The molecule has 1 aromatic carbocycles. The molecule has 0 aliphatic heterocycles. The Kier molecular flexibility index (Phi) is 3.88. The highest BCUT2D eigenvalue weighted by atomic mass is 32.2. The number of phenolic OH excluding ortho intramolecular Hbond substituents is 1. The highest BCUT2D eigenvalue weighted by Gasteiger charge is 2.00. The van der Waals surface area contributed by atoms with Gasteiger partial charge in [-0.25, -0.2) is 4.98 Å². The molecule has 0 aliphatic carbocycles. The average molecular weight is 247 g/mol. The Morgan fingerprint density at radius 3 is 2.82 bits per heavy atom. The van der Waals surface area contributed by atoms with Gasteiger partial charge in [-0.2, -0.15) is 0 Å². The van der Waals surface area contributed by atoms with Gasteiger partial charge >= 0.3 is 0 Å². The number of benzene rings is 1. The normalized spacial score (nSPS) is 10.2. The monoisotopic (exact) mass is 247 g/mol. The summed E-state index contributed by atoms with van der Waals surface area (Å²) < 4.78 is 5.07. The lowest BCUT2D eigenvalue weighted by molar-refractivity contribution is 0.397. The molecule has 17 heavy (non-hydrogen) atoms. The van der Waals surface area contributed by atoms with Crippen molar-refractivity contribution in [2.24, 2.45) is 0 Å². The van der Waals surface area contributed by atoms with Crippen molar-refractivity contribution in [3.8, 4) is 11.6 Å². The van der Waals surface area contributed by atoms with E-state index < -0.39 is 0 Å². The van der Waals surface area contributed by atoms with Gasteiger partial charge in [0.05, 0.1) is 12.8 Å². The molecule has 3 nitrogen and oxygen atoms in total. The summed E-state index contributed by atoms with van der Waals surface area (Å²) in [7, 11) is 1.61. The second-order valence-corrected chi connectivity index (χ2v) is 4.51. The van der Waals surface area contributed by atoms with Gasteiger partial charge in [-0.15, -0.1) is 11.8 Å². The van der Waals surface area contributed by atoms with Crippen LogP contribution in [0.1, 0.15) is 5.69 Å². The number of aromatic nitrogens is 1. The molecule has 0 atom stereocenters. The summed E-state index contributed by atoms with van der Waals surface area (Å²) in [5.41, 5.74) is 0.956. The molecule has 2 rings (SSSR count). The minimum atomic E-state index is 0.286. The van der Waals surface area contributed by atoms with Crippen molar-refractivity contribution >= 4 is 11.8 Å². The number of hydrogen-bond donors (Lipinski definition) is 1. The van der Waals surface area contributed by atoms with Gasteiger partial charge in [0.1, 0.15) is 5.75 Å². The van der Waals surface area contributed by atoms with Crippen molar-refractivity contribution in [3.05, 3.63) is 48.2 Å². The average Bonchev–Trinajstić information content (AvgIpc) is 2.37. The van der Waals surface area contributed by atoms with E-state index >= 15 is 0 Å². The number of phenols is 1. The van der Waals surface area contributed by atoms with Gasteiger partial charge in [-0.1, -0.05) is 12.1 Å². The van der Waals surface area contributed by atoms with E-state index in [4.69, 9.17) is 4.74 Å². The minimum Gasteiger partial charge on any atom is -0.508 e. The van der Waals surface area contributed by atoms with Crippen LogP contribution in [0.25, 0.3) is 0 Å². The molecular formula is C13H13NO2S. The van der Waals surface area contributed by atoms with Crippen LogP contribution >= 0.6 is 11.8 Å². The van der Waals surface area contributed by atoms with E-state index in [-0.39, 0.29) is 5.75 Å². The standard InChI is InChI=1S/C13H13NO2S/c1-16-13-7-2-4-10(14-13)9-17-12-6-3-5-11(15)8-12/h2-8,15H,9H2,1H3. The third kappa shape index (κ3) is 3.39. The fourth-order valence-electron chi connectivity index (χ4n) is 1.38. The minimum absolute atomic E-state index is 0.286. The van der Waals surface area contributed by atoms with E-state index in [9.17, 15) is 5.11 Å². The van der Waals surface area contributed by atoms with Crippen molar-refractivity contribution in [1.29, 1.82) is 0 Å². The van der Waals surface area contributed by atoms with Crippen LogP contribution in [0, 0.1) is 0 Å². The molecule has 1 aromatic heterocycles. The highest BCUT2D eigenvalue weighted by Crippen LogP contribution is 2.25. The largest absolute Gasteiger partial charge is 0.508 e. The van der Waals surface area contributed by atoms with Gasteiger partial charge in [0.2, 0.25) is 5.88 Å². The van der Waals surface area contributed by atoms with Crippen molar-refractivity contribution in [3.63, 3.8) is 0 Å². The molecule has 0 bridgehead atoms. The van der Waals surface area contributed by atoms with E-state index in [1.165, 1.54) is 0 Å². The summed E-state index contributed by atoms with van der Waals surface area (Å²) in [4.78, 5) is 5.35. The molecule has 2 aromatic rings. The van der Waals surface area contributed by atoms with E-state index in [0.717, 1.165) is 16.3 Å². The van der Waals surface area contributed by atoms with Crippen LogP contribution < -0.4 is 4.74 Å². The molecule has 4 heteroatoms. The molecule has 0 amide bonds. The first-order valence-electron chi connectivity index (χ1n) is 5.19. The van der Waals surface area contributed by atoms with Crippen LogP contribution in [-0.2, 0) is 5.75 Å². The zero-order valence-corrected chi connectivity index (χ0v) is 10.3. The Morgan fingerprint density at radius 1 is 1.24 bits per heavy atom. The van der Waals surface area contributed by atoms with Gasteiger partial charge in [-0.05, 0) is 24.3 Å². The van der Waals surface area contributed by atoms with Crippen molar-refractivity contribution < 1.29 is 9.84 Å². The Bertz CT molecular complexity index is 502. The summed E-state index contributed by atoms with van der Waals surface area (Å²) in [5.74, 6) is 1.66. The van der Waals surface area contributed by atoms with Gasteiger partial charge in [0.15, 0.2) is 0 Å². The lowest BCUT2D eigenvalue weighted by atomic mass is 10.3. The molecule has 0 unspecified atom stereocenters. The number of hydrogen-bond acceptors (Lipinski definition) is 4. The number of rotatable bonds is 4. The summed E-state index contributed by atoms with van der Waals surface area (Å²) in [6.45, 7) is 0. The zero-order chi connectivity index (χ0) is 12.1. The van der Waals surface area contributed by atoms with Crippen LogP contribution in [0.3, 0.4) is 0 Å². The van der Waals surface area contributed by atoms with Crippen molar-refractivity contribution in [2.75, 3.05) is 7.11 Å². The lowest BCUT2D eigenvalue weighted by Gasteiger charge is -2.04. The third-order valence-corrected chi connectivity index (χ3v) is 3.22. The third-order valence-electron chi connectivity index (χ3n) is 2.19. The predicted octanol–water partition coefficient (Wildman–Crippen LogP) is 3.09. The van der Waals surface area contributed by atoms with Gasteiger partial charge in [0.25, 0.3) is 0 Å². The van der Waals surface area contributed by atoms with E-state index in [0.29, 0.717) is 5.88 Å². The summed E-state index contributed by atoms with van der Waals surface area (Å²) >= 11 is 1.63. The van der Waals surface area contributed by atoms with Crippen LogP contribution in [0.2, 0.25) is 0 Å². The lowest BCUT2D eigenvalue weighted by Crippen LogP contribution is -1.91. The summed E-state index contributed by atoms with van der Waals surface area (Å²) in [6.07, 6.45) is 0. The molecule has 0 spiro atoms. The Morgan fingerprint density at radius 2 is 2.06 bits per heavy atom. The van der Waals surface area contributed by atoms with Gasteiger partial charge < -0.3 is 9.84 Å². The second-order valence-electron chi connectivity index (χ2n) is 3.46. The highest BCUT2D eigenvalue weighted by molar-refractivity contribution is 7.98. The molecule has 0 radical (unpaired) electrons. The van der Waals surface area contributed by atoms with E-state index in [1.807, 2.05) is 30.3 Å². The van der Waals surface area contributed by atoms with Crippen molar-refractivity contribution in [2.45, 2.75) is 10.6 Å². The van der Waals surface area contributed by atoms with Crippen LogP contribution in [0.15, 0.2) is 47.4 Å². The molecule has 0 saturated carbocycles. The van der Waals surface area contributed by atoms with E-state index in [2.05, 4.69) is 4.98 Å². The van der Waals surface area contributed by atoms with Crippen LogP contribution in [-0.4, -0.2) is 17.2 Å². The fourth-order valence-corrected chi connectivity index (χ4v) is 2.24. The summed E-state index contributed by atoms with van der Waals surface area (Å²) in [5, 5.41) is 9.34. The molecular weight excluding hydrogens is 234 g/mol. The molecule has 0 fully saturated rings. The maximum Gasteiger partial charge on any atom is 0.213 e. The van der Waals surface area contributed by atoms with Gasteiger partial charge in [-0.3, -0.25) is 0 Å². The SMILES string of the molecule is COc1cccc(CSc2cccc(O)c2)n1. The maximum absolute atomic E-state index is 9.34. The van der Waals surface area contributed by atoms with Crippen LogP contribution in [0.5, 0.6) is 11.6 Å². The smallest absolute Gasteiger partial charge is 0.213 e. The van der Waals surface area contributed by atoms with Crippen LogP contribution in [0.4, 0.5) is 0 Å². The number of methoxy groups -OCH3 is 1. The quantitative estimate of drug-likeness (QED) is 0.843. The number of pyridine rings is 1. The Hall–Kier alpha value is -1.68. The predicted molar refractivity (Wildman–Crippen MR) is 68.5 cm³/mol. The van der Waals surface area contributed by atoms with Gasteiger partial charge in [0, 0.05) is 16.7 Å². The molecule has 0 saturated heterocycles. The first-order chi connectivity index (χ1) is 8.28. The molecule has 1 N–H and O–H groups in total. The first kappa shape index (κ1) is 11.8. The number of aromatic hydroxyl groups is 1. The summed E-state index contributed by atoms with van der Waals surface area (Å²) in [6, 6.07) is 12.9. The zero-order valence-electron chi connectivity index (χ0n) is 9.46. The maximum atomic E-state index is 9.34. The fraction of sp³-hybridized carbons (Fsp3) is 0.154. The van der Waals surface area contributed by atoms with Crippen molar-refractivity contribution in [1.82, 2.24) is 4.98 Å². The van der Waals surface area contributed by atoms with E-state index in [1.54, 1.807) is 31.0 Å². The number of thioether (sulfide) groups is 1. The number of nitrogens with zero attached hydrogens (tertiary/aromatic N) is 1. The second kappa shape index (κ2) is 5.59. The number of ether oxygens (including phenoxy) is 1.